The molecule has 0 saturated heterocycles. The van der Waals surface area contributed by atoms with E-state index in [1.54, 1.807) is 12.1 Å². The molecule has 1 N–H and O–H groups in total. The fourth-order valence-electron chi connectivity index (χ4n) is 2.12. The molecule has 0 heterocycles. The van der Waals surface area contributed by atoms with Crippen LogP contribution in [-0.2, 0) is 10.0 Å². The van der Waals surface area contributed by atoms with Crippen LogP contribution < -0.4 is 9.46 Å². The predicted octanol–water partition coefficient (Wildman–Crippen LogP) is 3.82. The second kappa shape index (κ2) is 7.62. The minimum atomic E-state index is -3.56. The van der Waals surface area contributed by atoms with Crippen molar-refractivity contribution in [3.8, 4) is 5.75 Å². The summed E-state index contributed by atoms with van der Waals surface area (Å²) in [5, 5.41) is 0. The molecule has 0 fully saturated rings. The van der Waals surface area contributed by atoms with Crippen LogP contribution in [0.2, 0.25) is 0 Å². The predicted molar refractivity (Wildman–Crippen MR) is 92.1 cm³/mol. The largest absolute Gasteiger partial charge is 0.477 e. The van der Waals surface area contributed by atoms with Gasteiger partial charge < -0.3 is 4.74 Å². The third kappa shape index (κ3) is 4.81. The van der Waals surface area contributed by atoms with E-state index < -0.39 is 10.0 Å². The first-order chi connectivity index (χ1) is 10.9. The van der Waals surface area contributed by atoms with Crippen LogP contribution in [0, 0.1) is 6.92 Å². The lowest BCUT2D eigenvalue weighted by molar-refractivity contribution is 0.311. The Hall–Kier alpha value is -1.85. The monoisotopic (exact) mass is 333 g/mol. The lowest BCUT2D eigenvalue weighted by Crippen LogP contribution is -2.27. The number of sulfonamides is 1. The summed E-state index contributed by atoms with van der Waals surface area (Å²) in [6, 6.07) is 14.4. The highest BCUT2D eigenvalue weighted by molar-refractivity contribution is 7.89. The smallest absolute Gasteiger partial charge is 0.243 e. The third-order valence-corrected chi connectivity index (χ3v) is 5.27. The molecule has 0 aromatic heterocycles. The first kappa shape index (κ1) is 17.5. The van der Waals surface area contributed by atoms with Crippen molar-refractivity contribution in [3.63, 3.8) is 0 Å². The molecule has 0 aliphatic rings. The maximum absolute atomic E-state index is 12.2. The third-order valence-electron chi connectivity index (χ3n) is 3.88. The van der Waals surface area contributed by atoms with Crippen LogP contribution in [0.1, 0.15) is 37.3 Å². The number of benzene rings is 2. The van der Waals surface area contributed by atoms with Gasteiger partial charge in [-0.3, -0.25) is 0 Å². The van der Waals surface area contributed by atoms with Crippen molar-refractivity contribution in [2.45, 2.75) is 38.0 Å². The van der Waals surface area contributed by atoms with E-state index in [0.29, 0.717) is 11.7 Å². The minimum Gasteiger partial charge on any atom is -0.477 e. The molecule has 0 aliphatic heterocycles. The van der Waals surface area contributed by atoms with Gasteiger partial charge in [0, 0.05) is 0 Å². The molecule has 0 radical (unpaired) electrons. The van der Waals surface area contributed by atoms with Gasteiger partial charge in [0.1, 0.15) is 5.75 Å². The van der Waals surface area contributed by atoms with Crippen molar-refractivity contribution in [1.82, 2.24) is 4.72 Å². The summed E-state index contributed by atoms with van der Waals surface area (Å²) < 4.78 is 32.3. The van der Waals surface area contributed by atoms with E-state index in [4.69, 9.17) is 4.74 Å². The molecule has 1 unspecified atom stereocenters. The molecule has 1 atom stereocenters. The lowest BCUT2D eigenvalue weighted by Gasteiger charge is -2.11. The van der Waals surface area contributed by atoms with Gasteiger partial charge >= 0.3 is 0 Å². The van der Waals surface area contributed by atoms with E-state index in [2.05, 4.69) is 18.6 Å². The van der Waals surface area contributed by atoms with Crippen molar-refractivity contribution in [1.29, 1.82) is 0 Å². The number of nitrogens with one attached hydrogen (secondary N) is 1. The van der Waals surface area contributed by atoms with E-state index in [0.717, 1.165) is 17.5 Å². The molecule has 4 nitrogen and oxygen atoms in total. The summed E-state index contributed by atoms with van der Waals surface area (Å²) >= 11 is 0. The van der Waals surface area contributed by atoms with E-state index in [1.807, 2.05) is 43.3 Å². The average Bonchev–Trinajstić information content (AvgIpc) is 2.56. The first-order valence-corrected chi connectivity index (χ1v) is 9.20. The summed E-state index contributed by atoms with van der Waals surface area (Å²) in [7, 11) is -3.56. The van der Waals surface area contributed by atoms with Crippen molar-refractivity contribution in [3.05, 3.63) is 59.7 Å². The zero-order chi connectivity index (χ0) is 16.9. The zero-order valence-corrected chi connectivity index (χ0v) is 14.6. The molecule has 0 aliphatic carbocycles. The van der Waals surface area contributed by atoms with Crippen molar-refractivity contribution in [2.75, 3.05) is 6.73 Å². The van der Waals surface area contributed by atoms with Gasteiger partial charge in [-0.1, -0.05) is 43.7 Å². The number of rotatable bonds is 7. The Balaban J connectivity index is 1.97. The van der Waals surface area contributed by atoms with Crippen LogP contribution >= 0.6 is 0 Å². The van der Waals surface area contributed by atoms with Gasteiger partial charge in [-0.2, -0.15) is 4.72 Å². The Morgan fingerprint density at radius 2 is 1.65 bits per heavy atom. The van der Waals surface area contributed by atoms with Crippen LogP contribution in [0.3, 0.4) is 0 Å². The van der Waals surface area contributed by atoms with Gasteiger partial charge in [0.05, 0.1) is 4.90 Å². The highest BCUT2D eigenvalue weighted by Crippen LogP contribution is 2.20. The van der Waals surface area contributed by atoms with Crippen molar-refractivity contribution >= 4 is 10.0 Å². The highest BCUT2D eigenvalue weighted by atomic mass is 32.2. The molecule has 5 heteroatoms. The standard InChI is InChI=1S/C18H23NO3S/c1-4-15(3)16-7-11-18(12-8-16)23(20,21)19-13-22-17-9-5-14(2)6-10-17/h5-12,15,19H,4,13H2,1-3H3. The van der Waals surface area contributed by atoms with Crippen LogP contribution in [0.15, 0.2) is 53.4 Å². The minimum absolute atomic E-state index is 0.0987. The maximum Gasteiger partial charge on any atom is 0.243 e. The van der Waals surface area contributed by atoms with Gasteiger partial charge in [-0.05, 0) is 49.1 Å². The lowest BCUT2D eigenvalue weighted by atomic mass is 9.99. The Labute approximate surface area is 138 Å². The normalized spacial score (nSPS) is 12.8. The Kier molecular flexibility index (Phi) is 5.80. The fourth-order valence-corrected chi connectivity index (χ4v) is 2.99. The van der Waals surface area contributed by atoms with E-state index in [-0.39, 0.29) is 11.6 Å². The molecule has 23 heavy (non-hydrogen) atoms. The van der Waals surface area contributed by atoms with Crippen molar-refractivity contribution in [2.24, 2.45) is 0 Å². The first-order valence-electron chi connectivity index (χ1n) is 7.71. The number of aryl methyl sites for hydroxylation is 1. The Morgan fingerprint density at radius 3 is 2.22 bits per heavy atom. The van der Waals surface area contributed by atoms with Crippen LogP contribution in [-0.4, -0.2) is 15.1 Å². The summed E-state index contributed by atoms with van der Waals surface area (Å²) in [4.78, 5) is 0.247. The van der Waals surface area contributed by atoms with Crippen molar-refractivity contribution < 1.29 is 13.2 Å². The summed E-state index contributed by atoms with van der Waals surface area (Å²) in [6.07, 6.45) is 1.02. The van der Waals surface area contributed by atoms with Gasteiger partial charge in [-0.25, -0.2) is 8.42 Å². The molecule has 0 amide bonds. The van der Waals surface area contributed by atoms with E-state index in [9.17, 15) is 8.42 Å². The fraction of sp³-hybridized carbons (Fsp3) is 0.333. The van der Waals surface area contributed by atoms with Crippen LogP contribution in [0.4, 0.5) is 0 Å². The SMILES string of the molecule is CCC(C)c1ccc(S(=O)(=O)NCOc2ccc(C)cc2)cc1. The molecule has 0 spiro atoms. The molecule has 2 rings (SSSR count). The highest BCUT2D eigenvalue weighted by Gasteiger charge is 2.14. The molecule has 0 saturated carbocycles. The summed E-state index contributed by atoms with van der Waals surface area (Å²) in [6.45, 7) is 6.12. The quantitative estimate of drug-likeness (QED) is 0.784. The van der Waals surface area contributed by atoms with Gasteiger partial charge in [0.15, 0.2) is 6.73 Å². The van der Waals surface area contributed by atoms with Gasteiger partial charge in [0.2, 0.25) is 10.0 Å². The number of hydrogen-bond acceptors (Lipinski definition) is 3. The number of hydrogen-bond donors (Lipinski definition) is 1. The second-order valence-electron chi connectivity index (χ2n) is 5.63. The second-order valence-corrected chi connectivity index (χ2v) is 7.39. The average molecular weight is 333 g/mol. The maximum atomic E-state index is 12.2. The molecule has 0 bridgehead atoms. The van der Waals surface area contributed by atoms with Gasteiger partial charge in [-0.15, -0.1) is 0 Å². The Morgan fingerprint density at radius 1 is 1.04 bits per heavy atom. The molecule has 124 valence electrons. The van der Waals surface area contributed by atoms with E-state index in [1.165, 1.54) is 0 Å². The molecular weight excluding hydrogens is 310 g/mol. The summed E-state index contributed by atoms with van der Waals surface area (Å²) in [5.41, 5.74) is 2.27. The van der Waals surface area contributed by atoms with Crippen LogP contribution in [0.25, 0.3) is 0 Å². The molecular formula is C18H23NO3S. The van der Waals surface area contributed by atoms with E-state index >= 15 is 0 Å². The molecule has 2 aromatic rings. The zero-order valence-electron chi connectivity index (χ0n) is 13.7. The summed E-state index contributed by atoms with van der Waals surface area (Å²) in [5.74, 6) is 1.05. The number of ether oxygens (including phenoxy) is 1. The Bertz CT molecular complexity index is 722. The van der Waals surface area contributed by atoms with Gasteiger partial charge in [0.25, 0.3) is 0 Å². The van der Waals surface area contributed by atoms with Crippen LogP contribution in [0.5, 0.6) is 5.75 Å². The topological polar surface area (TPSA) is 55.4 Å². The molecule has 2 aromatic carbocycles.